The molecule has 27 heavy (non-hydrogen) atoms. The molecule has 0 aliphatic heterocycles. The molecule has 1 heterocycles. The molecule has 0 aliphatic rings. The van der Waals surface area contributed by atoms with E-state index in [1.54, 1.807) is 0 Å². The number of hydrogen-bond acceptors (Lipinski definition) is 6. The van der Waals surface area contributed by atoms with Crippen molar-refractivity contribution in [3.05, 3.63) is 36.1 Å². The van der Waals surface area contributed by atoms with E-state index in [4.69, 9.17) is 9.26 Å². The second kappa shape index (κ2) is 10.6. The van der Waals surface area contributed by atoms with Crippen LogP contribution in [0.2, 0.25) is 0 Å². The molecular weight excluding hydrogens is 366 g/mol. The van der Waals surface area contributed by atoms with Crippen molar-refractivity contribution in [3.63, 3.8) is 0 Å². The molecule has 0 spiro atoms. The summed E-state index contributed by atoms with van der Waals surface area (Å²) in [7, 11) is 0. The fourth-order valence-electron chi connectivity index (χ4n) is 2.38. The van der Waals surface area contributed by atoms with Gasteiger partial charge in [-0.25, -0.2) is 0 Å². The van der Waals surface area contributed by atoms with E-state index in [2.05, 4.69) is 22.7 Å². The topological polar surface area (TPSA) is 93.5 Å². The third-order valence-corrected chi connectivity index (χ3v) is 4.67. The summed E-state index contributed by atoms with van der Waals surface area (Å²) in [6.07, 6.45) is 1.83. The molecule has 2 N–H and O–H groups in total. The van der Waals surface area contributed by atoms with Crippen LogP contribution in [-0.2, 0) is 4.79 Å². The Morgan fingerprint density at radius 2 is 2.00 bits per heavy atom. The Hall–Kier alpha value is -2.48. The van der Waals surface area contributed by atoms with Crippen LogP contribution < -0.4 is 15.4 Å². The van der Waals surface area contributed by atoms with E-state index in [0.717, 1.165) is 17.7 Å². The van der Waals surface area contributed by atoms with Crippen molar-refractivity contribution in [1.29, 1.82) is 0 Å². The molecule has 2 amide bonds. The second-order valence-corrected chi connectivity index (χ2v) is 7.05. The van der Waals surface area contributed by atoms with Crippen LogP contribution in [-0.4, -0.2) is 36.2 Å². The molecule has 1 unspecified atom stereocenters. The van der Waals surface area contributed by atoms with E-state index < -0.39 is 0 Å². The summed E-state index contributed by atoms with van der Waals surface area (Å²) in [6.45, 7) is 6.13. The van der Waals surface area contributed by atoms with Crippen molar-refractivity contribution in [1.82, 2.24) is 15.8 Å². The van der Waals surface area contributed by atoms with Crippen molar-refractivity contribution in [3.8, 4) is 5.88 Å². The normalized spacial score (nSPS) is 11.7. The maximum atomic E-state index is 12.6. The molecule has 0 radical (unpaired) electrons. The lowest BCUT2D eigenvalue weighted by atomic mass is 10.2. The highest BCUT2D eigenvalue weighted by Gasteiger charge is 2.26. The molecule has 146 valence electrons. The van der Waals surface area contributed by atoms with Crippen LogP contribution in [0.3, 0.4) is 0 Å². The monoisotopic (exact) mass is 391 g/mol. The van der Waals surface area contributed by atoms with Gasteiger partial charge in [-0.2, -0.15) is 0 Å². The lowest BCUT2D eigenvalue weighted by molar-refractivity contribution is -0.123. The summed E-state index contributed by atoms with van der Waals surface area (Å²) in [5.74, 6) is -0.408. The largest absolute Gasteiger partial charge is 0.465 e. The molecule has 0 aliphatic carbocycles. The molecule has 0 saturated carbocycles. The number of aromatic nitrogens is 1. The smallest absolute Gasteiger partial charge is 0.291 e. The number of nitrogens with zero attached hydrogens (tertiary/aromatic N) is 1. The SMILES string of the molecule is CCCC(C)NC(=O)c1onc(OCC(=O)NCC)c1Sc1ccccc1. The highest BCUT2D eigenvalue weighted by Crippen LogP contribution is 2.37. The molecule has 8 heteroatoms. The molecule has 1 aromatic heterocycles. The molecule has 1 atom stereocenters. The third-order valence-electron chi connectivity index (χ3n) is 3.60. The van der Waals surface area contributed by atoms with E-state index in [9.17, 15) is 9.59 Å². The molecule has 2 aromatic rings. The Kier molecular flexibility index (Phi) is 8.19. The van der Waals surface area contributed by atoms with Gasteiger partial charge in [0.05, 0.1) is 0 Å². The van der Waals surface area contributed by atoms with Gasteiger partial charge in [0, 0.05) is 17.5 Å². The van der Waals surface area contributed by atoms with Gasteiger partial charge in [-0.3, -0.25) is 9.59 Å². The van der Waals surface area contributed by atoms with E-state index in [-0.39, 0.29) is 36.1 Å². The first-order valence-corrected chi connectivity index (χ1v) is 9.79. The summed E-state index contributed by atoms with van der Waals surface area (Å²) in [5.41, 5.74) is 0. The number of likely N-dealkylation sites (N-methyl/N-ethyl adjacent to an activating group) is 1. The average Bonchev–Trinajstić information content (AvgIpc) is 3.04. The van der Waals surface area contributed by atoms with Crippen molar-refractivity contribution in [2.75, 3.05) is 13.2 Å². The Balaban J connectivity index is 2.21. The van der Waals surface area contributed by atoms with Crippen molar-refractivity contribution in [2.24, 2.45) is 0 Å². The minimum absolute atomic E-state index is 0.0156. The zero-order valence-corrected chi connectivity index (χ0v) is 16.6. The minimum Gasteiger partial charge on any atom is -0.465 e. The Morgan fingerprint density at radius 1 is 1.26 bits per heavy atom. The van der Waals surface area contributed by atoms with E-state index in [0.29, 0.717) is 11.4 Å². The molecule has 0 saturated heterocycles. The van der Waals surface area contributed by atoms with Crippen molar-refractivity contribution >= 4 is 23.6 Å². The van der Waals surface area contributed by atoms with Crippen LogP contribution in [0.25, 0.3) is 0 Å². The number of ether oxygens (including phenoxy) is 1. The standard InChI is InChI=1S/C19H25N3O4S/c1-4-9-13(3)21-18(24)16-17(27-14-10-7-6-8-11-14)19(22-26-16)25-12-15(23)20-5-2/h6-8,10-11,13H,4-5,9,12H2,1-3H3,(H,20,23)(H,21,24). The Morgan fingerprint density at radius 3 is 2.67 bits per heavy atom. The summed E-state index contributed by atoms with van der Waals surface area (Å²) < 4.78 is 10.8. The molecule has 7 nitrogen and oxygen atoms in total. The van der Waals surface area contributed by atoms with Gasteiger partial charge >= 0.3 is 0 Å². The first kappa shape index (κ1) is 20.8. The number of rotatable bonds is 10. The number of benzene rings is 1. The van der Waals surface area contributed by atoms with Crippen molar-refractivity contribution < 1.29 is 18.8 Å². The summed E-state index contributed by atoms with van der Waals surface area (Å²) in [6, 6.07) is 9.54. The molecular formula is C19H25N3O4S. The highest BCUT2D eigenvalue weighted by atomic mass is 32.2. The van der Waals surface area contributed by atoms with Gasteiger partial charge in [-0.1, -0.05) is 43.3 Å². The number of amides is 2. The maximum absolute atomic E-state index is 12.6. The molecule has 2 rings (SSSR count). The van der Waals surface area contributed by atoms with E-state index in [1.165, 1.54) is 11.8 Å². The average molecular weight is 391 g/mol. The Labute approximate surface area is 163 Å². The lowest BCUT2D eigenvalue weighted by Crippen LogP contribution is -2.32. The van der Waals surface area contributed by atoms with Gasteiger partial charge in [-0.15, -0.1) is 0 Å². The molecule has 0 fully saturated rings. The van der Waals surface area contributed by atoms with Crippen LogP contribution in [0.15, 0.2) is 44.6 Å². The fourth-order valence-corrected chi connectivity index (χ4v) is 3.31. The van der Waals surface area contributed by atoms with Crippen LogP contribution in [0, 0.1) is 0 Å². The van der Waals surface area contributed by atoms with Gasteiger partial charge in [0.15, 0.2) is 6.61 Å². The van der Waals surface area contributed by atoms with Crippen LogP contribution in [0.4, 0.5) is 0 Å². The summed E-state index contributed by atoms with van der Waals surface area (Å²) >= 11 is 1.31. The summed E-state index contributed by atoms with van der Waals surface area (Å²) in [4.78, 5) is 25.6. The second-order valence-electron chi connectivity index (χ2n) is 5.97. The van der Waals surface area contributed by atoms with Gasteiger partial charge in [0.1, 0.15) is 4.90 Å². The first-order valence-electron chi connectivity index (χ1n) is 8.98. The van der Waals surface area contributed by atoms with Gasteiger partial charge in [0.25, 0.3) is 17.7 Å². The predicted molar refractivity (Wildman–Crippen MR) is 103 cm³/mol. The predicted octanol–water partition coefficient (Wildman–Crippen LogP) is 3.26. The number of hydrogen-bond donors (Lipinski definition) is 2. The summed E-state index contributed by atoms with van der Waals surface area (Å²) in [5, 5.41) is 9.41. The number of carbonyl (C=O) groups excluding carboxylic acids is 2. The van der Waals surface area contributed by atoms with Crippen LogP contribution in [0.5, 0.6) is 5.88 Å². The van der Waals surface area contributed by atoms with Crippen LogP contribution in [0.1, 0.15) is 44.2 Å². The number of nitrogens with one attached hydrogen (secondary N) is 2. The third kappa shape index (κ3) is 6.32. The zero-order chi connectivity index (χ0) is 19.6. The highest BCUT2D eigenvalue weighted by molar-refractivity contribution is 7.99. The Bertz CT molecular complexity index is 749. The number of carbonyl (C=O) groups is 2. The van der Waals surface area contributed by atoms with Gasteiger partial charge < -0.3 is 19.9 Å². The van der Waals surface area contributed by atoms with Gasteiger partial charge in [-0.05, 0) is 37.6 Å². The zero-order valence-electron chi connectivity index (χ0n) is 15.8. The first-order chi connectivity index (χ1) is 13.0. The van der Waals surface area contributed by atoms with Gasteiger partial charge in [0.2, 0.25) is 5.76 Å². The quantitative estimate of drug-likeness (QED) is 0.646. The fraction of sp³-hybridized carbons (Fsp3) is 0.421. The lowest BCUT2D eigenvalue weighted by Gasteiger charge is -2.11. The van der Waals surface area contributed by atoms with Crippen LogP contribution >= 0.6 is 11.8 Å². The molecule has 1 aromatic carbocycles. The minimum atomic E-state index is -0.352. The van der Waals surface area contributed by atoms with E-state index in [1.807, 2.05) is 44.2 Å². The maximum Gasteiger partial charge on any atom is 0.291 e. The van der Waals surface area contributed by atoms with E-state index >= 15 is 0 Å². The van der Waals surface area contributed by atoms with Crippen molar-refractivity contribution in [2.45, 2.75) is 49.4 Å². The molecule has 0 bridgehead atoms.